The van der Waals surface area contributed by atoms with Crippen LogP contribution in [0.25, 0.3) is 16.9 Å². The summed E-state index contributed by atoms with van der Waals surface area (Å²) in [5, 5.41) is 0.688. The molecule has 0 N–H and O–H groups in total. The first kappa shape index (κ1) is 20.3. The van der Waals surface area contributed by atoms with Gasteiger partial charge in [-0.2, -0.15) is 0 Å². The molecule has 0 unspecified atom stereocenters. The van der Waals surface area contributed by atoms with E-state index in [9.17, 15) is 4.79 Å². The molecule has 31 heavy (non-hydrogen) atoms. The number of ether oxygens (including phenoxy) is 2. The third-order valence-corrected chi connectivity index (χ3v) is 6.51. The molecule has 1 amide bonds. The summed E-state index contributed by atoms with van der Waals surface area (Å²) in [4.78, 5) is 15.4. The van der Waals surface area contributed by atoms with E-state index in [2.05, 4.69) is 16.7 Å². The summed E-state index contributed by atoms with van der Waals surface area (Å²) >= 11 is 6.11. The molecule has 2 aliphatic heterocycles. The molecule has 2 aromatic carbocycles. The van der Waals surface area contributed by atoms with Gasteiger partial charge in [-0.25, -0.2) is 0 Å². The van der Waals surface area contributed by atoms with Gasteiger partial charge >= 0.3 is 0 Å². The Morgan fingerprint density at radius 1 is 0.968 bits per heavy atom. The minimum atomic E-state index is -0.490. The van der Waals surface area contributed by atoms with Crippen molar-refractivity contribution in [1.29, 1.82) is 0 Å². The Bertz CT molecular complexity index is 1080. The molecular weight excluding hydrogens is 412 g/mol. The van der Waals surface area contributed by atoms with Crippen LogP contribution in [0.1, 0.15) is 28.9 Å². The van der Waals surface area contributed by atoms with Crippen molar-refractivity contribution >= 4 is 17.5 Å². The number of carbonyl (C=O) groups is 1. The number of carbonyl (C=O) groups excluding carboxylic acids is 1. The first-order chi connectivity index (χ1) is 15.1. The fourth-order valence-corrected chi connectivity index (χ4v) is 4.70. The third kappa shape index (κ3) is 3.78. The highest BCUT2D eigenvalue weighted by Gasteiger charge is 2.41. The highest BCUT2D eigenvalue weighted by molar-refractivity contribution is 6.30. The maximum atomic E-state index is 13.5. The fraction of sp³-hybridized carbons (Fsp3) is 0.320. The van der Waals surface area contributed by atoms with Gasteiger partial charge in [0.2, 0.25) is 0 Å². The molecule has 3 aromatic rings. The van der Waals surface area contributed by atoms with E-state index in [0.717, 1.165) is 28.2 Å². The molecule has 2 aliphatic rings. The molecule has 1 spiro atoms. The van der Waals surface area contributed by atoms with E-state index in [1.807, 2.05) is 60.4 Å². The van der Waals surface area contributed by atoms with Crippen LogP contribution in [-0.2, 0) is 9.47 Å². The zero-order valence-electron chi connectivity index (χ0n) is 17.5. The Morgan fingerprint density at radius 2 is 1.61 bits per heavy atom. The van der Waals surface area contributed by atoms with Gasteiger partial charge in [0.1, 0.15) is 0 Å². The second-order valence-corrected chi connectivity index (χ2v) is 8.54. The Morgan fingerprint density at radius 3 is 2.26 bits per heavy atom. The maximum Gasteiger partial charge on any atom is 0.255 e. The van der Waals surface area contributed by atoms with Crippen molar-refractivity contribution in [3.05, 3.63) is 76.9 Å². The van der Waals surface area contributed by atoms with E-state index in [1.165, 1.54) is 0 Å². The number of likely N-dealkylation sites (tertiary alicyclic amines) is 1. The molecule has 0 bridgehead atoms. The Balaban J connectivity index is 1.50. The molecule has 5 rings (SSSR count). The van der Waals surface area contributed by atoms with Gasteiger partial charge < -0.3 is 18.9 Å². The molecule has 1 aromatic heterocycles. The van der Waals surface area contributed by atoms with E-state index in [4.69, 9.17) is 21.1 Å². The number of piperidine rings is 1. The number of nitrogens with zero attached hydrogens (tertiary/aromatic N) is 2. The number of hydrogen-bond acceptors (Lipinski definition) is 3. The van der Waals surface area contributed by atoms with Gasteiger partial charge in [-0.1, -0.05) is 41.9 Å². The summed E-state index contributed by atoms with van der Waals surface area (Å²) in [5.74, 6) is -0.439. The summed E-state index contributed by atoms with van der Waals surface area (Å²) in [5.41, 5.74) is 4.66. The molecule has 6 heteroatoms. The van der Waals surface area contributed by atoms with Crippen molar-refractivity contribution in [2.45, 2.75) is 25.6 Å². The van der Waals surface area contributed by atoms with Crippen molar-refractivity contribution in [3.8, 4) is 16.9 Å². The van der Waals surface area contributed by atoms with Crippen LogP contribution in [0.2, 0.25) is 5.02 Å². The highest BCUT2D eigenvalue weighted by Crippen LogP contribution is 2.34. The number of halogens is 1. The van der Waals surface area contributed by atoms with E-state index >= 15 is 0 Å². The lowest BCUT2D eigenvalue weighted by Crippen LogP contribution is -2.47. The average Bonchev–Trinajstić information content (AvgIpc) is 3.39. The van der Waals surface area contributed by atoms with Gasteiger partial charge in [0.25, 0.3) is 5.91 Å². The SMILES string of the molecule is Cc1c(C(=O)N2CCC3(CC2)OCCO3)cc(-c2ccc(Cl)cc2)n1-c1ccccc1. The van der Waals surface area contributed by atoms with Crippen LogP contribution in [0.4, 0.5) is 0 Å². The van der Waals surface area contributed by atoms with Crippen molar-refractivity contribution in [2.24, 2.45) is 0 Å². The smallest absolute Gasteiger partial charge is 0.255 e. The predicted molar refractivity (Wildman–Crippen MR) is 121 cm³/mol. The van der Waals surface area contributed by atoms with Crippen molar-refractivity contribution in [1.82, 2.24) is 9.47 Å². The first-order valence-corrected chi connectivity index (χ1v) is 11.1. The van der Waals surface area contributed by atoms with Gasteiger partial charge in [0.15, 0.2) is 5.79 Å². The number of aromatic nitrogens is 1. The monoisotopic (exact) mass is 436 g/mol. The van der Waals surface area contributed by atoms with Crippen molar-refractivity contribution in [3.63, 3.8) is 0 Å². The summed E-state index contributed by atoms with van der Waals surface area (Å²) in [6, 6.07) is 19.9. The van der Waals surface area contributed by atoms with Gasteiger partial charge in [-0.15, -0.1) is 0 Å². The van der Waals surface area contributed by atoms with Gasteiger partial charge in [0.05, 0.1) is 24.5 Å². The highest BCUT2D eigenvalue weighted by atomic mass is 35.5. The summed E-state index contributed by atoms with van der Waals surface area (Å²) in [6.45, 7) is 4.54. The standard InChI is InChI=1S/C25H25ClN2O3/c1-18-22(24(29)27-13-11-25(12-14-27)30-15-16-31-25)17-23(19-7-9-20(26)10-8-19)28(18)21-5-3-2-4-6-21/h2-10,17H,11-16H2,1H3. The quantitative estimate of drug-likeness (QED) is 0.574. The lowest BCUT2D eigenvalue weighted by atomic mass is 10.0. The Labute approximate surface area is 187 Å². The third-order valence-electron chi connectivity index (χ3n) is 6.26. The maximum absolute atomic E-state index is 13.5. The summed E-state index contributed by atoms with van der Waals surface area (Å²) in [6.07, 6.45) is 1.42. The van der Waals surface area contributed by atoms with E-state index in [0.29, 0.717) is 44.2 Å². The minimum Gasteiger partial charge on any atom is -0.347 e. The summed E-state index contributed by atoms with van der Waals surface area (Å²) < 4.78 is 13.8. The number of amides is 1. The largest absolute Gasteiger partial charge is 0.347 e. The molecule has 160 valence electrons. The lowest BCUT2D eigenvalue weighted by Gasteiger charge is -2.37. The minimum absolute atomic E-state index is 0.0511. The number of para-hydroxylation sites is 1. The Kier molecular flexibility index (Phi) is 5.34. The van der Waals surface area contributed by atoms with Crippen LogP contribution in [-0.4, -0.2) is 47.5 Å². The number of hydrogen-bond donors (Lipinski definition) is 0. The van der Waals surface area contributed by atoms with Crippen LogP contribution in [0.15, 0.2) is 60.7 Å². The second-order valence-electron chi connectivity index (χ2n) is 8.11. The molecule has 3 heterocycles. The molecule has 0 aliphatic carbocycles. The van der Waals surface area contributed by atoms with E-state index in [1.54, 1.807) is 0 Å². The zero-order valence-corrected chi connectivity index (χ0v) is 18.3. The Hall–Kier alpha value is -2.60. The molecular formula is C25H25ClN2O3. The fourth-order valence-electron chi connectivity index (χ4n) is 4.57. The van der Waals surface area contributed by atoms with E-state index < -0.39 is 5.79 Å². The number of rotatable bonds is 3. The van der Waals surface area contributed by atoms with Crippen LogP contribution in [0.5, 0.6) is 0 Å². The number of benzene rings is 2. The van der Waals surface area contributed by atoms with Gasteiger partial charge in [-0.3, -0.25) is 4.79 Å². The average molecular weight is 437 g/mol. The predicted octanol–water partition coefficient (Wildman–Crippen LogP) is 5.09. The van der Waals surface area contributed by atoms with Crippen molar-refractivity contribution < 1.29 is 14.3 Å². The first-order valence-electron chi connectivity index (χ1n) is 10.7. The summed E-state index contributed by atoms with van der Waals surface area (Å²) in [7, 11) is 0. The molecule has 0 atom stereocenters. The van der Waals surface area contributed by atoms with Gasteiger partial charge in [0, 0.05) is 42.3 Å². The van der Waals surface area contributed by atoms with Crippen molar-refractivity contribution in [2.75, 3.05) is 26.3 Å². The van der Waals surface area contributed by atoms with Crippen LogP contribution < -0.4 is 0 Å². The molecule has 0 radical (unpaired) electrons. The van der Waals surface area contributed by atoms with E-state index in [-0.39, 0.29) is 5.91 Å². The lowest BCUT2D eigenvalue weighted by molar-refractivity contribution is -0.181. The molecule has 0 saturated carbocycles. The van der Waals surface area contributed by atoms with Crippen LogP contribution in [0.3, 0.4) is 0 Å². The topological polar surface area (TPSA) is 43.7 Å². The molecule has 2 saturated heterocycles. The normalized spacial score (nSPS) is 17.9. The molecule has 5 nitrogen and oxygen atoms in total. The zero-order chi connectivity index (χ0) is 21.4. The second kappa shape index (κ2) is 8.15. The van der Waals surface area contributed by atoms with Crippen LogP contribution in [0, 0.1) is 6.92 Å². The van der Waals surface area contributed by atoms with Gasteiger partial charge in [-0.05, 0) is 42.8 Å². The van der Waals surface area contributed by atoms with Crippen LogP contribution >= 0.6 is 11.6 Å². The molecule has 2 fully saturated rings.